The summed E-state index contributed by atoms with van der Waals surface area (Å²) >= 11 is 0. The number of ether oxygens (including phenoxy) is 1. The molecular weight excluding hydrogens is 370 g/mol. The summed E-state index contributed by atoms with van der Waals surface area (Å²) in [6, 6.07) is 1.83. The number of nitrogens with zero attached hydrogens (tertiary/aromatic N) is 4. The first-order chi connectivity index (χ1) is 12.1. The quantitative estimate of drug-likeness (QED) is 0.717. The van der Waals surface area contributed by atoms with E-state index in [1.54, 1.807) is 0 Å². The standard InChI is InChI=1S/C15H16F2N4O4S/c1-10-15(7-20-9-18-8-19-20,12-4-3-11(16)5-13(12)17)25-14(22)6-21(10)26(2,23)24/h3-5,8-10H,6-7H2,1-2H3/t10-,15-/m1/s1. The Morgan fingerprint density at radius 2 is 2.12 bits per heavy atom. The van der Waals surface area contributed by atoms with Crippen molar-refractivity contribution in [3.8, 4) is 0 Å². The van der Waals surface area contributed by atoms with Gasteiger partial charge in [0.25, 0.3) is 0 Å². The molecule has 0 N–H and O–H groups in total. The van der Waals surface area contributed by atoms with E-state index in [9.17, 15) is 22.0 Å². The molecule has 26 heavy (non-hydrogen) atoms. The molecule has 0 unspecified atom stereocenters. The average Bonchev–Trinajstić information content (AvgIpc) is 3.02. The number of aromatic nitrogens is 3. The van der Waals surface area contributed by atoms with Crippen LogP contribution in [-0.2, 0) is 31.7 Å². The summed E-state index contributed by atoms with van der Waals surface area (Å²) in [7, 11) is -3.80. The van der Waals surface area contributed by atoms with Crippen molar-refractivity contribution in [2.75, 3.05) is 12.8 Å². The molecule has 140 valence electrons. The van der Waals surface area contributed by atoms with E-state index in [4.69, 9.17) is 4.74 Å². The van der Waals surface area contributed by atoms with Gasteiger partial charge in [-0.05, 0) is 19.1 Å². The summed E-state index contributed by atoms with van der Waals surface area (Å²) in [6.07, 6.45) is 3.50. The summed E-state index contributed by atoms with van der Waals surface area (Å²) in [6.45, 7) is 0.795. The number of sulfonamides is 1. The van der Waals surface area contributed by atoms with Gasteiger partial charge >= 0.3 is 5.97 Å². The maximum atomic E-state index is 14.6. The first-order valence-corrected chi connectivity index (χ1v) is 9.45. The van der Waals surface area contributed by atoms with Gasteiger partial charge in [-0.2, -0.15) is 9.40 Å². The molecule has 1 fully saturated rings. The molecule has 2 heterocycles. The largest absolute Gasteiger partial charge is 0.449 e. The summed E-state index contributed by atoms with van der Waals surface area (Å²) in [4.78, 5) is 16.0. The first-order valence-electron chi connectivity index (χ1n) is 7.60. The van der Waals surface area contributed by atoms with Crippen molar-refractivity contribution in [2.24, 2.45) is 0 Å². The van der Waals surface area contributed by atoms with Gasteiger partial charge in [-0.3, -0.25) is 4.79 Å². The lowest BCUT2D eigenvalue weighted by Gasteiger charge is -2.46. The van der Waals surface area contributed by atoms with Crippen LogP contribution in [0.5, 0.6) is 0 Å². The van der Waals surface area contributed by atoms with E-state index in [-0.39, 0.29) is 12.1 Å². The molecule has 0 aliphatic carbocycles. The van der Waals surface area contributed by atoms with Crippen LogP contribution in [0.15, 0.2) is 30.9 Å². The zero-order valence-electron chi connectivity index (χ0n) is 14.0. The molecule has 2 atom stereocenters. The Labute approximate surface area is 148 Å². The van der Waals surface area contributed by atoms with E-state index >= 15 is 0 Å². The fraction of sp³-hybridized carbons (Fsp3) is 0.400. The Hall–Kier alpha value is -2.40. The predicted molar refractivity (Wildman–Crippen MR) is 85.2 cm³/mol. The third-order valence-corrected chi connectivity index (χ3v) is 5.66. The van der Waals surface area contributed by atoms with Crippen molar-refractivity contribution in [3.63, 3.8) is 0 Å². The number of hydrogen-bond donors (Lipinski definition) is 0. The number of cyclic esters (lactones) is 1. The predicted octanol–water partition coefficient (Wildman–Crippen LogP) is 0.659. The van der Waals surface area contributed by atoms with Crippen LogP contribution in [0.2, 0.25) is 0 Å². The average molecular weight is 386 g/mol. The lowest BCUT2D eigenvalue weighted by molar-refractivity contribution is -0.183. The highest BCUT2D eigenvalue weighted by Crippen LogP contribution is 2.39. The van der Waals surface area contributed by atoms with Crippen molar-refractivity contribution >= 4 is 16.0 Å². The normalized spacial score (nSPS) is 24.5. The molecule has 1 aromatic heterocycles. The van der Waals surface area contributed by atoms with Crippen LogP contribution >= 0.6 is 0 Å². The molecule has 0 bridgehead atoms. The zero-order valence-corrected chi connectivity index (χ0v) is 14.8. The van der Waals surface area contributed by atoms with Gasteiger partial charge in [0.05, 0.1) is 18.8 Å². The number of benzene rings is 1. The second kappa shape index (κ2) is 6.40. The van der Waals surface area contributed by atoms with E-state index in [2.05, 4.69) is 10.1 Å². The highest BCUT2D eigenvalue weighted by molar-refractivity contribution is 7.88. The Morgan fingerprint density at radius 3 is 2.69 bits per heavy atom. The van der Waals surface area contributed by atoms with E-state index in [1.807, 2.05) is 0 Å². The van der Waals surface area contributed by atoms with Gasteiger partial charge in [0.15, 0.2) is 5.60 Å². The number of hydrogen-bond acceptors (Lipinski definition) is 6. The Balaban J connectivity index is 2.20. The fourth-order valence-electron chi connectivity index (χ4n) is 3.14. The molecule has 0 saturated carbocycles. The number of carbonyl (C=O) groups is 1. The van der Waals surface area contributed by atoms with Gasteiger partial charge in [0.1, 0.15) is 30.8 Å². The van der Waals surface area contributed by atoms with Crippen LogP contribution in [0.25, 0.3) is 0 Å². The highest BCUT2D eigenvalue weighted by Gasteiger charge is 2.53. The van der Waals surface area contributed by atoms with Crippen LogP contribution in [0.4, 0.5) is 8.78 Å². The summed E-state index contributed by atoms with van der Waals surface area (Å²) in [5.41, 5.74) is -1.90. The second-order valence-corrected chi connectivity index (χ2v) is 8.00. The lowest BCUT2D eigenvalue weighted by atomic mass is 9.85. The highest BCUT2D eigenvalue weighted by atomic mass is 32.2. The zero-order chi connectivity index (χ0) is 19.1. The lowest BCUT2D eigenvalue weighted by Crippen LogP contribution is -2.61. The van der Waals surface area contributed by atoms with Gasteiger partial charge in [0, 0.05) is 11.6 Å². The number of halogens is 2. The SMILES string of the molecule is C[C@H]1N(S(C)(=O)=O)CC(=O)O[C@@]1(Cn1cncn1)c1ccc(F)cc1F. The molecule has 0 amide bonds. The van der Waals surface area contributed by atoms with Gasteiger partial charge < -0.3 is 4.74 Å². The summed E-state index contributed by atoms with van der Waals surface area (Å²) in [5.74, 6) is -2.62. The van der Waals surface area contributed by atoms with E-state index in [0.29, 0.717) is 6.07 Å². The summed E-state index contributed by atoms with van der Waals surface area (Å²) in [5, 5.41) is 3.92. The second-order valence-electron chi connectivity index (χ2n) is 6.06. The smallest absolute Gasteiger partial charge is 0.322 e. The molecule has 3 rings (SSSR count). The van der Waals surface area contributed by atoms with E-state index in [0.717, 1.165) is 22.7 Å². The molecule has 0 spiro atoms. The van der Waals surface area contributed by atoms with E-state index < -0.39 is 45.8 Å². The fourth-order valence-corrected chi connectivity index (χ4v) is 4.22. The van der Waals surface area contributed by atoms with Gasteiger partial charge in [-0.15, -0.1) is 0 Å². The molecule has 1 saturated heterocycles. The maximum absolute atomic E-state index is 14.6. The number of carbonyl (C=O) groups excluding carboxylic acids is 1. The van der Waals surface area contributed by atoms with Gasteiger partial charge in [-0.1, -0.05) is 0 Å². The summed E-state index contributed by atoms with van der Waals surface area (Å²) < 4.78 is 59.9. The number of morpholine rings is 1. The minimum Gasteiger partial charge on any atom is -0.449 e. The molecule has 1 aliphatic rings. The first kappa shape index (κ1) is 18.4. The Kier molecular flexibility index (Phi) is 4.53. The maximum Gasteiger partial charge on any atom is 0.322 e. The molecule has 2 aromatic rings. The number of rotatable bonds is 4. The third kappa shape index (κ3) is 3.19. The molecule has 0 radical (unpaired) electrons. The third-order valence-electron chi connectivity index (χ3n) is 4.36. The van der Waals surface area contributed by atoms with Crippen LogP contribution in [0, 0.1) is 11.6 Å². The van der Waals surface area contributed by atoms with Gasteiger partial charge in [0.2, 0.25) is 10.0 Å². The van der Waals surface area contributed by atoms with Crippen LogP contribution in [-0.4, -0.2) is 52.3 Å². The van der Waals surface area contributed by atoms with Crippen molar-refractivity contribution in [3.05, 3.63) is 48.1 Å². The minimum atomic E-state index is -3.80. The van der Waals surface area contributed by atoms with E-state index in [1.165, 1.54) is 24.3 Å². The Morgan fingerprint density at radius 1 is 1.38 bits per heavy atom. The number of esters is 1. The van der Waals surface area contributed by atoms with Crippen LogP contribution < -0.4 is 0 Å². The van der Waals surface area contributed by atoms with Crippen LogP contribution in [0.3, 0.4) is 0 Å². The monoisotopic (exact) mass is 386 g/mol. The molecule has 1 aromatic carbocycles. The van der Waals surface area contributed by atoms with Crippen LogP contribution in [0.1, 0.15) is 12.5 Å². The molecule has 1 aliphatic heterocycles. The van der Waals surface area contributed by atoms with Crippen molar-refractivity contribution in [1.82, 2.24) is 19.1 Å². The minimum absolute atomic E-state index is 0.149. The molecular formula is C15H16F2N4O4S. The van der Waals surface area contributed by atoms with Crippen molar-refractivity contribution in [2.45, 2.75) is 25.1 Å². The topological polar surface area (TPSA) is 94.4 Å². The van der Waals surface area contributed by atoms with Gasteiger partial charge in [-0.25, -0.2) is 26.9 Å². The molecule has 8 nitrogen and oxygen atoms in total. The van der Waals surface area contributed by atoms with Crippen molar-refractivity contribution < 1.29 is 26.7 Å². The Bertz CT molecular complexity index is 935. The van der Waals surface area contributed by atoms with Crippen molar-refractivity contribution in [1.29, 1.82) is 0 Å². The molecule has 11 heteroatoms.